The molecule has 0 spiro atoms. The second kappa shape index (κ2) is 17.0. The summed E-state index contributed by atoms with van der Waals surface area (Å²) in [4.78, 5) is 10.3. The Morgan fingerprint density at radius 3 is 1.76 bits per heavy atom. The molecular formula is C23H43O6-. The van der Waals surface area contributed by atoms with Gasteiger partial charge in [-0.25, -0.2) is 0 Å². The van der Waals surface area contributed by atoms with Crippen LogP contribution in [0.1, 0.15) is 110 Å². The maximum atomic E-state index is 10.3. The second-order valence-corrected chi connectivity index (χ2v) is 8.52. The Kier molecular flexibility index (Phi) is 15.5. The molecule has 0 aromatic carbocycles. The first-order valence-electron chi connectivity index (χ1n) is 11.8. The highest BCUT2D eigenvalue weighted by Gasteiger charge is 2.34. The van der Waals surface area contributed by atoms with E-state index in [1.807, 2.05) is 0 Å². The van der Waals surface area contributed by atoms with Crippen LogP contribution in [0.2, 0.25) is 0 Å². The van der Waals surface area contributed by atoms with E-state index in [1.165, 1.54) is 57.8 Å². The summed E-state index contributed by atoms with van der Waals surface area (Å²) in [6.07, 6.45) is 14.8. The zero-order valence-corrected chi connectivity index (χ0v) is 18.4. The van der Waals surface area contributed by atoms with Crippen molar-refractivity contribution in [2.75, 3.05) is 6.61 Å². The van der Waals surface area contributed by atoms with Gasteiger partial charge in [-0.05, 0) is 26.2 Å². The van der Waals surface area contributed by atoms with Gasteiger partial charge in [-0.2, -0.15) is 0 Å². The Balaban J connectivity index is 1.77. The van der Waals surface area contributed by atoms with Gasteiger partial charge in [0.25, 0.3) is 0 Å². The molecule has 1 aliphatic rings. The number of ether oxygens (including phenoxy) is 2. The Morgan fingerprint density at radius 1 is 0.828 bits per heavy atom. The van der Waals surface area contributed by atoms with Crippen molar-refractivity contribution in [1.82, 2.24) is 0 Å². The van der Waals surface area contributed by atoms with Gasteiger partial charge in [0.2, 0.25) is 0 Å². The Hall–Kier alpha value is -0.690. The van der Waals surface area contributed by atoms with E-state index in [2.05, 4.69) is 0 Å². The molecule has 0 radical (unpaired) electrons. The summed E-state index contributed by atoms with van der Waals surface area (Å²) < 4.78 is 11.1. The summed E-state index contributed by atoms with van der Waals surface area (Å²) in [5.74, 6) is -0.927. The van der Waals surface area contributed by atoms with E-state index in [0.717, 1.165) is 32.1 Å². The molecular weight excluding hydrogens is 372 g/mol. The SMILES string of the molecule is C[C@@H]1O[C@@H](OCCCCCCCCCCCCCCCCC(=O)[O-])[C@H](O)C[C@H]1O. The van der Waals surface area contributed by atoms with Gasteiger partial charge in [0.05, 0.1) is 12.2 Å². The van der Waals surface area contributed by atoms with Crippen LogP contribution in [-0.4, -0.2) is 47.4 Å². The van der Waals surface area contributed by atoms with E-state index < -0.39 is 24.5 Å². The van der Waals surface area contributed by atoms with E-state index in [4.69, 9.17) is 9.47 Å². The molecule has 172 valence electrons. The quantitative estimate of drug-likeness (QED) is 0.333. The van der Waals surface area contributed by atoms with E-state index in [0.29, 0.717) is 13.0 Å². The van der Waals surface area contributed by atoms with E-state index in [9.17, 15) is 20.1 Å². The molecule has 6 heteroatoms. The number of aliphatic hydroxyl groups excluding tert-OH is 2. The number of aliphatic hydroxyl groups is 2. The number of aliphatic carboxylic acids is 1. The molecule has 29 heavy (non-hydrogen) atoms. The number of carbonyl (C=O) groups is 1. The lowest BCUT2D eigenvalue weighted by atomic mass is 10.0. The van der Waals surface area contributed by atoms with Crippen LogP contribution in [0.5, 0.6) is 0 Å². The molecule has 0 amide bonds. The van der Waals surface area contributed by atoms with Crippen LogP contribution < -0.4 is 5.11 Å². The highest BCUT2D eigenvalue weighted by molar-refractivity contribution is 5.63. The third-order valence-electron chi connectivity index (χ3n) is 5.75. The molecule has 0 aromatic rings. The van der Waals surface area contributed by atoms with E-state index >= 15 is 0 Å². The van der Waals surface area contributed by atoms with Crippen molar-refractivity contribution in [2.45, 2.75) is 134 Å². The molecule has 2 N–H and O–H groups in total. The number of hydrogen-bond donors (Lipinski definition) is 2. The van der Waals surface area contributed by atoms with Crippen LogP contribution >= 0.6 is 0 Å². The van der Waals surface area contributed by atoms with Crippen LogP contribution in [-0.2, 0) is 14.3 Å². The minimum absolute atomic E-state index is 0.204. The number of carboxylic acids is 1. The first-order valence-corrected chi connectivity index (χ1v) is 11.8. The predicted octanol–water partition coefficient (Wildman–Crippen LogP) is 3.46. The number of rotatable bonds is 18. The number of unbranched alkanes of at least 4 members (excludes halogenated alkanes) is 13. The fraction of sp³-hybridized carbons (Fsp3) is 0.957. The summed E-state index contributed by atoms with van der Waals surface area (Å²) in [7, 11) is 0. The minimum Gasteiger partial charge on any atom is -0.550 e. The van der Waals surface area contributed by atoms with Crippen molar-refractivity contribution in [3.8, 4) is 0 Å². The highest BCUT2D eigenvalue weighted by atomic mass is 16.7. The van der Waals surface area contributed by atoms with Crippen molar-refractivity contribution in [3.05, 3.63) is 0 Å². The molecule has 0 unspecified atom stereocenters. The second-order valence-electron chi connectivity index (χ2n) is 8.52. The molecule has 1 rings (SSSR count). The molecule has 6 nitrogen and oxygen atoms in total. The lowest BCUT2D eigenvalue weighted by Crippen LogP contribution is -2.47. The molecule has 0 aliphatic carbocycles. The summed E-state index contributed by atoms with van der Waals surface area (Å²) >= 11 is 0. The van der Waals surface area contributed by atoms with Crippen molar-refractivity contribution in [1.29, 1.82) is 0 Å². The lowest BCUT2D eigenvalue weighted by Gasteiger charge is -2.35. The molecule has 1 aliphatic heterocycles. The average Bonchev–Trinajstić information content (AvgIpc) is 2.67. The Bertz CT molecular complexity index is 403. The zero-order valence-electron chi connectivity index (χ0n) is 18.4. The van der Waals surface area contributed by atoms with E-state index in [1.54, 1.807) is 6.92 Å². The first kappa shape index (κ1) is 26.3. The van der Waals surface area contributed by atoms with Crippen LogP contribution in [0.4, 0.5) is 0 Å². The third kappa shape index (κ3) is 14.0. The summed E-state index contributed by atoms with van der Waals surface area (Å²) in [5.41, 5.74) is 0. The largest absolute Gasteiger partial charge is 0.550 e. The van der Waals surface area contributed by atoms with Gasteiger partial charge in [-0.3, -0.25) is 0 Å². The average molecular weight is 416 g/mol. The van der Waals surface area contributed by atoms with Gasteiger partial charge < -0.3 is 29.6 Å². The van der Waals surface area contributed by atoms with Gasteiger partial charge in [-0.15, -0.1) is 0 Å². The zero-order chi connectivity index (χ0) is 21.3. The standard InChI is InChI=1S/C23H44O6/c1-19-20(24)18-21(25)23(29-19)28-17-15-13-11-9-7-5-3-2-4-6-8-10-12-14-16-22(26)27/h19-21,23-25H,2-18H2,1H3,(H,26,27)/p-1/t19-,20+,21+,23+/m0/s1. The smallest absolute Gasteiger partial charge is 0.183 e. The third-order valence-corrected chi connectivity index (χ3v) is 5.75. The molecule has 0 bridgehead atoms. The maximum absolute atomic E-state index is 10.3. The van der Waals surface area contributed by atoms with E-state index in [-0.39, 0.29) is 12.5 Å². The Morgan fingerprint density at radius 2 is 1.28 bits per heavy atom. The van der Waals surface area contributed by atoms with Gasteiger partial charge in [-0.1, -0.05) is 77.0 Å². The van der Waals surface area contributed by atoms with Gasteiger partial charge >= 0.3 is 0 Å². The fourth-order valence-electron chi connectivity index (χ4n) is 3.79. The summed E-state index contributed by atoms with van der Waals surface area (Å²) in [5, 5.41) is 29.8. The number of carboxylic acid groups (broad SMARTS) is 1. The number of carbonyl (C=O) groups excluding carboxylic acids is 1. The molecule has 4 atom stereocenters. The minimum atomic E-state index is -0.927. The van der Waals surface area contributed by atoms with Crippen molar-refractivity contribution < 1.29 is 29.6 Å². The Labute approximate surface area is 177 Å². The van der Waals surface area contributed by atoms with Crippen LogP contribution in [0.3, 0.4) is 0 Å². The van der Waals surface area contributed by atoms with Crippen LogP contribution in [0, 0.1) is 0 Å². The molecule has 0 aromatic heterocycles. The van der Waals surface area contributed by atoms with Gasteiger partial charge in [0, 0.05) is 19.0 Å². The fourth-order valence-corrected chi connectivity index (χ4v) is 3.79. The van der Waals surface area contributed by atoms with Crippen molar-refractivity contribution in [3.63, 3.8) is 0 Å². The maximum Gasteiger partial charge on any atom is 0.183 e. The normalized spacial score (nSPS) is 24.7. The van der Waals surface area contributed by atoms with Crippen molar-refractivity contribution in [2.24, 2.45) is 0 Å². The lowest BCUT2D eigenvalue weighted by molar-refractivity contribution is -0.305. The number of hydrogen-bond acceptors (Lipinski definition) is 6. The molecule has 1 fully saturated rings. The van der Waals surface area contributed by atoms with Crippen LogP contribution in [0.25, 0.3) is 0 Å². The van der Waals surface area contributed by atoms with Crippen molar-refractivity contribution >= 4 is 5.97 Å². The predicted molar refractivity (Wildman–Crippen MR) is 111 cm³/mol. The monoisotopic (exact) mass is 415 g/mol. The summed E-state index contributed by atoms with van der Waals surface area (Å²) in [6.45, 7) is 2.40. The van der Waals surface area contributed by atoms with Gasteiger partial charge in [0.1, 0.15) is 6.10 Å². The molecule has 1 saturated heterocycles. The molecule has 0 saturated carbocycles. The highest BCUT2D eigenvalue weighted by Crippen LogP contribution is 2.21. The van der Waals surface area contributed by atoms with Gasteiger partial charge in [0.15, 0.2) is 6.29 Å². The van der Waals surface area contributed by atoms with Crippen LogP contribution in [0.15, 0.2) is 0 Å². The first-order chi connectivity index (χ1) is 14.0. The summed E-state index contributed by atoms with van der Waals surface area (Å²) in [6, 6.07) is 0. The topological polar surface area (TPSA) is 99.1 Å². The molecule has 1 heterocycles.